The van der Waals surface area contributed by atoms with Crippen molar-refractivity contribution in [1.29, 1.82) is 0 Å². The van der Waals surface area contributed by atoms with Gasteiger partial charge in [-0.3, -0.25) is 4.79 Å². The summed E-state index contributed by atoms with van der Waals surface area (Å²) in [6, 6.07) is 4.19. The van der Waals surface area contributed by atoms with Gasteiger partial charge in [-0.05, 0) is 19.1 Å². The van der Waals surface area contributed by atoms with E-state index in [2.05, 4.69) is 15.6 Å². The summed E-state index contributed by atoms with van der Waals surface area (Å²) in [6.07, 6.45) is -4.95. The van der Waals surface area contributed by atoms with Crippen molar-refractivity contribution in [3.63, 3.8) is 0 Å². The van der Waals surface area contributed by atoms with Crippen molar-refractivity contribution in [2.24, 2.45) is 5.73 Å². The van der Waals surface area contributed by atoms with Crippen LogP contribution in [0.2, 0.25) is 0 Å². The van der Waals surface area contributed by atoms with Crippen LogP contribution in [0.25, 0.3) is 5.69 Å². The fourth-order valence-electron chi connectivity index (χ4n) is 1.83. The highest BCUT2D eigenvalue weighted by Crippen LogP contribution is 2.33. The van der Waals surface area contributed by atoms with Crippen molar-refractivity contribution < 1.29 is 22.4 Å². The van der Waals surface area contributed by atoms with Crippen LogP contribution < -0.4 is 11.1 Å². The number of benzene rings is 1. The molecule has 0 aliphatic heterocycles. The number of rotatable bonds is 4. The average molecular weight is 368 g/mol. The van der Waals surface area contributed by atoms with E-state index in [0.717, 1.165) is 12.1 Å². The molecule has 1 atom stereocenters. The zero-order valence-electron chi connectivity index (χ0n) is 12.3. The topological polar surface area (TPSA) is 85.8 Å². The summed E-state index contributed by atoms with van der Waals surface area (Å²) in [4.78, 5) is 11.9. The van der Waals surface area contributed by atoms with Gasteiger partial charge >= 0.3 is 6.18 Å². The van der Waals surface area contributed by atoms with Crippen LogP contribution in [0.5, 0.6) is 0 Å². The minimum Gasteiger partial charge on any atom is -0.347 e. The van der Waals surface area contributed by atoms with E-state index in [0.29, 0.717) is 0 Å². The maximum absolute atomic E-state index is 13.7. The highest BCUT2D eigenvalue weighted by atomic mass is 35.5. The minimum atomic E-state index is -4.95. The Labute approximate surface area is 140 Å². The molecule has 1 amide bonds. The van der Waals surface area contributed by atoms with Crippen LogP contribution in [-0.2, 0) is 6.18 Å². The van der Waals surface area contributed by atoms with E-state index in [1.807, 2.05) is 0 Å². The van der Waals surface area contributed by atoms with Crippen LogP contribution in [0.3, 0.4) is 0 Å². The van der Waals surface area contributed by atoms with Gasteiger partial charge in [0.15, 0.2) is 11.4 Å². The molecule has 0 fully saturated rings. The molecule has 24 heavy (non-hydrogen) atoms. The summed E-state index contributed by atoms with van der Waals surface area (Å²) in [5, 5.41) is 8.81. The van der Waals surface area contributed by atoms with Gasteiger partial charge in [0.05, 0.1) is 0 Å². The number of nitrogens with two attached hydrogens (primary N) is 1. The van der Waals surface area contributed by atoms with E-state index >= 15 is 0 Å². The number of hydrogen-bond donors (Lipinski definition) is 2. The molecule has 0 saturated heterocycles. The average Bonchev–Trinajstić information content (AvgIpc) is 2.92. The van der Waals surface area contributed by atoms with Crippen LogP contribution in [-0.4, -0.2) is 33.5 Å². The quantitative estimate of drug-likeness (QED) is 0.808. The molecule has 0 bridgehead atoms. The van der Waals surface area contributed by atoms with E-state index < -0.39 is 41.0 Å². The van der Waals surface area contributed by atoms with Gasteiger partial charge in [-0.15, -0.1) is 17.5 Å². The molecule has 0 saturated carbocycles. The second-order valence-corrected chi connectivity index (χ2v) is 4.76. The van der Waals surface area contributed by atoms with Crippen molar-refractivity contribution in [2.75, 3.05) is 6.54 Å². The standard InChI is InChI=1S/C13H13F4N5O.ClH/c1-7(6-18)19-12(23)10-11(13(15,16)17)22(21-20-10)9-5-3-2-4-8(9)14;/h2-5,7H,6,18H2,1H3,(H,19,23);1H/t7-;/m0./s1. The van der Waals surface area contributed by atoms with Crippen LogP contribution in [0.15, 0.2) is 24.3 Å². The van der Waals surface area contributed by atoms with Crippen LogP contribution in [0.1, 0.15) is 23.1 Å². The van der Waals surface area contributed by atoms with Crippen molar-refractivity contribution in [1.82, 2.24) is 20.3 Å². The molecule has 6 nitrogen and oxygen atoms in total. The molecule has 0 aliphatic carbocycles. The second-order valence-electron chi connectivity index (χ2n) is 4.76. The van der Waals surface area contributed by atoms with Gasteiger partial charge in [0.1, 0.15) is 11.5 Å². The molecule has 2 aromatic rings. The Morgan fingerprint density at radius 1 is 1.38 bits per heavy atom. The molecule has 0 aliphatic rings. The molecule has 0 radical (unpaired) electrons. The van der Waals surface area contributed by atoms with E-state index in [1.54, 1.807) is 0 Å². The molecule has 1 aromatic heterocycles. The molecular formula is C13H14ClF4N5O. The van der Waals surface area contributed by atoms with Crippen molar-refractivity contribution in [2.45, 2.75) is 19.1 Å². The summed E-state index contributed by atoms with van der Waals surface area (Å²) in [6.45, 7) is 1.56. The van der Waals surface area contributed by atoms with E-state index in [1.165, 1.54) is 19.1 Å². The lowest BCUT2D eigenvalue weighted by Crippen LogP contribution is -2.38. The summed E-state index contributed by atoms with van der Waals surface area (Å²) >= 11 is 0. The van der Waals surface area contributed by atoms with Gasteiger partial charge in [-0.2, -0.15) is 13.2 Å². The summed E-state index contributed by atoms with van der Waals surface area (Å²) in [7, 11) is 0. The molecule has 0 unspecified atom stereocenters. The maximum atomic E-state index is 13.7. The molecule has 0 spiro atoms. The maximum Gasteiger partial charge on any atom is 0.435 e. The van der Waals surface area contributed by atoms with Gasteiger partial charge in [0.25, 0.3) is 5.91 Å². The molecule has 3 N–H and O–H groups in total. The highest BCUT2D eigenvalue weighted by molar-refractivity contribution is 5.93. The van der Waals surface area contributed by atoms with Crippen LogP contribution in [0, 0.1) is 5.82 Å². The van der Waals surface area contributed by atoms with Gasteiger partial charge in [-0.1, -0.05) is 17.3 Å². The minimum absolute atomic E-state index is 0. The number of aromatic nitrogens is 3. The Morgan fingerprint density at radius 3 is 2.54 bits per heavy atom. The first-order valence-corrected chi connectivity index (χ1v) is 6.54. The van der Waals surface area contributed by atoms with E-state index in [9.17, 15) is 22.4 Å². The first-order valence-electron chi connectivity index (χ1n) is 6.54. The number of hydrogen-bond acceptors (Lipinski definition) is 4. The fourth-order valence-corrected chi connectivity index (χ4v) is 1.83. The van der Waals surface area contributed by atoms with Crippen molar-refractivity contribution in [3.8, 4) is 5.69 Å². The predicted octanol–water partition coefficient (Wildman–Crippen LogP) is 1.92. The molecule has 1 aromatic carbocycles. The number of alkyl halides is 3. The van der Waals surface area contributed by atoms with Gasteiger partial charge in [0, 0.05) is 12.6 Å². The Hall–Kier alpha value is -2.20. The Kier molecular flexibility index (Phi) is 6.27. The number of carbonyl (C=O) groups is 1. The predicted molar refractivity (Wildman–Crippen MR) is 79.5 cm³/mol. The lowest BCUT2D eigenvalue weighted by atomic mass is 10.2. The smallest absolute Gasteiger partial charge is 0.347 e. The number of nitrogens with one attached hydrogen (secondary N) is 1. The monoisotopic (exact) mass is 367 g/mol. The largest absolute Gasteiger partial charge is 0.435 e. The Balaban J connectivity index is 0.00000288. The zero-order chi connectivity index (χ0) is 17.2. The third kappa shape index (κ3) is 4.01. The number of amides is 1. The molecule has 1 heterocycles. The summed E-state index contributed by atoms with van der Waals surface area (Å²) in [5.41, 5.74) is 2.45. The van der Waals surface area contributed by atoms with Gasteiger partial charge in [0.2, 0.25) is 0 Å². The Bertz CT molecular complexity index is 719. The second kappa shape index (κ2) is 7.58. The van der Waals surface area contributed by atoms with E-state index in [-0.39, 0.29) is 23.6 Å². The van der Waals surface area contributed by atoms with Crippen LogP contribution >= 0.6 is 12.4 Å². The highest BCUT2D eigenvalue weighted by Gasteiger charge is 2.42. The molecule has 11 heteroatoms. The van der Waals surface area contributed by atoms with Crippen molar-refractivity contribution in [3.05, 3.63) is 41.5 Å². The SMILES string of the molecule is C[C@@H](CN)NC(=O)c1nnn(-c2ccccc2F)c1C(F)(F)F.Cl. The number of para-hydroxylation sites is 1. The molecule has 2 rings (SSSR count). The number of carbonyl (C=O) groups excluding carboxylic acids is 1. The zero-order valence-corrected chi connectivity index (χ0v) is 13.2. The van der Waals surface area contributed by atoms with E-state index in [4.69, 9.17) is 5.73 Å². The van der Waals surface area contributed by atoms with Crippen molar-refractivity contribution >= 4 is 18.3 Å². The summed E-state index contributed by atoms with van der Waals surface area (Å²) < 4.78 is 53.9. The number of nitrogens with zero attached hydrogens (tertiary/aromatic N) is 3. The molecule has 132 valence electrons. The van der Waals surface area contributed by atoms with Crippen LogP contribution in [0.4, 0.5) is 17.6 Å². The van der Waals surface area contributed by atoms with Gasteiger partial charge in [-0.25, -0.2) is 9.07 Å². The normalized spacial score (nSPS) is 12.4. The van der Waals surface area contributed by atoms with Gasteiger partial charge < -0.3 is 11.1 Å². The first-order chi connectivity index (χ1) is 10.8. The Morgan fingerprint density at radius 2 is 2.00 bits per heavy atom. The number of halogens is 5. The first kappa shape index (κ1) is 19.8. The molecular weight excluding hydrogens is 354 g/mol. The fraction of sp³-hybridized carbons (Fsp3) is 0.308. The lowest BCUT2D eigenvalue weighted by molar-refractivity contribution is -0.143. The third-order valence-corrected chi connectivity index (χ3v) is 2.97. The third-order valence-electron chi connectivity index (χ3n) is 2.97. The summed E-state index contributed by atoms with van der Waals surface area (Å²) in [5.74, 6) is -2.01. The lowest BCUT2D eigenvalue weighted by Gasteiger charge is -2.13.